The Labute approximate surface area is 196 Å². The molecule has 1 N–H and O–H groups in total. The molecule has 1 amide bonds. The molecule has 0 aromatic heterocycles. The number of nitriles is 1. The smallest absolute Gasteiger partial charge is 0.271 e. The van der Waals surface area contributed by atoms with Gasteiger partial charge in [0.15, 0.2) is 0 Å². The maximum absolute atomic E-state index is 13.3. The number of amides is 1. The third-order valence-corrected chi connectivity index (χ3v) is 5.07. The van der Waals surface area contributed by atoms with Gasteiger partial charge in [-0.15, -0.1) is 0 Å². The number of hydrogen-bond acceptors (Lipinski definition) is 5. The molecule has 0 unspecified atom stereocenters. The van der Waals surface area contributed by atoms with E-state index in [4.69, 9.17) is 4.74 Å². The highest BCUT2D eigenvalue weighted by molar-refractivity contribution is 14.1. The molecule has 0 aliphatic heterocycles. The Bertz CT molecular complexity index is 1250. The largest absolute Gasteiger partial charge is 0.488 e. The van der Waals surface area contributed by atoms with Gasteiger partial charge in [0.1, 0.15) is 29.8 Å². The second-order valence-electron chi connectivity index (χ2n) is 6.54. The van der Waals surface area contributed by atoms with Gasteiger partial charge in [-0.3, -0.25) is 14.9 Å². The van der Waals surface area contributed by atoms with E-state index in [1.165, 1.54) is 42.5 Å². The maximum Gasteiger partial charge on any atom is 0.271 e. The molecule has 0 spiro atoms. The lowest BCUT2D eigenvalue weighted by molar-refractivity contribution is -0.384. The van der Waals surface area contributed by atoms with Crippen LogP contribution >= 0.6 is 22.6 Å². The van der Waals surface area contributed by atoms with E-state index in [1.807, 2.05) is 6.07 Å². The molecule has 0 aliphatic rings. The summed E-state index contributed by atoms with van der Waals surface area (Å²) in [6, 6.07) is 18.5. The lowest BCUT2D eigenvalue weighted by Crippen LogP contribution is -2.13. The molecular formula is C23H15FIN3O4. The monoisotopic (exact) mass is 543 g/mol. The molecule has 3 aromatic carbocycles. The number of nitrogens with one attached hydrogen (secondary N) is 1. The van der Waals surface area contributed by atoms with Crippen LogP contribution in [0.1, 0.15) is 11.1 Å². The molecular weight excluding hydrogens is 528 g/mol. The number of rotatable bonds is 7. The molecule has 3 rings (SSSR count). The summed E-state index contributed by atoms with van der Waals surface area (Å²) in [4.78, 5) is 22.7. The Morgan fingerprint density at radius 3 is 2.66 bits per heavy atom. The van der Waals surface area contributed by atoms with Crippen molar-refractivity contribution in [3.63, 3.8) is 0 Å². The molecule has 0 aliphatic carbocycles. The number of ether oxygens (including phenoxy) is 1. The molecule has 0 fully saturated rings. The lowest BCUT2D eigenvalue weighted by Gasteiger charge is -2.09. The maximum atomic E-state index is 13.3. The molecule has 3 aromatic rings. The van der Waals surface area contributed by atoms with Gasteiger partial charge in [-0.05, 0) is 70.1 Å². The van der Waals surface area contributed by atoms with Crippen LogP contribution in [0, 0.1) is 30.8 Å². The minimum atomic E-state index is -0.686. The molecule has 0 saturated heterocycles. The zero-order chi connectivity index (χ0) is 23.1. The van der Waals surface area contributed by atoms with E-state index in [0.29, 0.717) is 16.9 Å². The summed E-state index contributed by atoms with van der Waals surface area (Å²) in [6.45, 7) is 0.192. The van der Waals surface area contributed by atoms with Gasteiger partial charge in [-0.25, -0.2) is 4.39 Å². The number of hydrogen-bond donors (Lipinski definition) is 1. The highest BCUT2D eigenvalue weighted by atomic mass is 127. The van der Waals surface area contributed by atoms with Gasteiger partial charge in [0.05, 0.1) is 8.49 Å². The van der Waals surface area contributed by atoms with Crippen LogP contribution in [0.25, 0.3) is 6.08 Å². The van der Waals surface area contributed by atoms with Crippen LogP contribution in [0.2, 0.25) is 0 Å². The first-order chi connectivity index (χ1) is 15.4. The average Bonchev–Trinajstić information content (AvgIpc) is 2.77. The fourth-order valence-corrected chi connectivity index (χ4v) is 3.42. The number of carbonyl (C=O) groups excluding carboxylic acids is 1. The lowest BCUT2D eigenvalue weighted by atomic mass is 10.1. The van der Waals surface area contributed by atoms with Crippen molar-refractivity contribution in [1.82, 2.24) is 0 Å². The van der Waals surface area contributed by atoms with Crippen LogP contribution < -0.4 is 10.1 Å². The number of nitro groups is 1. The fourth-order valence-electron chi connectivity index (χ4n) is 2.72. The van der Waals surface area contributed by atoms with E-state index in [1.54, 1.807) is 30.3 Å². The molecule has 0 saturated carbocycles. The molecule has 32 heavy (non-hydrogen) atoms. The van der Waals surface area contributed by atoms with Gasteiger partial charge >= 0.3 is 0 Å². The molecule has 9 heteroatoms. The van der Waals surface area contributed by atoms with Gasteiger partial charge < -0.3 is 10.1 Å². The van der Waals surface area contributed by atoms with Crippen molar-refractivity contribution in [2.75, 3.05) is 5.32 Å². The third-order valence-electron chi connectivity index (χ3n) is 4.23. The quantitative estimate of drug-likeness (QED) is 0.140. The number of halogens is 2. The van der Waals surface area contributed by atoms with E-state index in [9.17, 15) is 24.6 Å². The van der Waals surface area contributed by atoms with Gasteiger partial charge in [0.2, 0.25) is 0 Å². The minimum absolute atomic E-state index is 0.166. The first-order valence-electron chi connectivity index (χ1n) is 9.20. The summed E-state index contributed by atoms with van der Waals surface area (Å²) in [5, 5.41) is 22.7. The van der Waals surface area contributed by atoms with Gasteiger partial charge in [-0.1, -0.05) is 24.3 Å². The van der Waals surface area contributed by atoms with Crippen LogP contribution in [0.15, 0.2) is 72.3 Å². The Morgan fingerprint density at radius 1 is 1.19 bits per heavy atom. The van der Waals surface area contributed by atoms with Gasteiger partial charge in [0.25, 0.3) is 11.6 Å². The van der Waals surface area contributed by atoms with Crippen LogP contribution in [-0.2, 0) is 11.4 Å². The predicted octanol–water partition coefficient (Wildman–Crippen LogP) is 5.46. The summed E-state index contributed by atoms with van der Waals surface area (Å²) in [5.41, 5.74) is 1.16. The second kappa shape index (κ2) is 10.5. The van der Waals surface area contributed by atoms with Crippen molar-refractivity contribution in [2.45, 2.75) is 6.61 Å². The number of benzene rings is 3. The van der Waals surface area contributed by atoms with Crippen LogP contribution in [0.4, 0.5) is 15.8 Å². The van der Waals surface area contributed by atoms with E-state index in [0.717, 1.165) is 3.57 Å². The van der Waals surface area contributed by atoms with Crippen LogP contribution in [0.3, 0.4) is 0 Å². The van der Waals surface area contributed by atoms with Crippen molar-refractivity contribution in [2.24, 2.45) is 0 Å². The highest BCUT2D eigenvalue weighted by Gasteiger charge is 2.13. The van der Waals surface area contributed by atoms with Crippen molar-refractivity contribution in [3.8, 4) is 11.8 Å². The van der Waals surface area contributed by atoms with Crippen LogP contribution in [0.5, 0.6) is 5.75 Å². The Hall–Kier alpha value is -3.78. The molecule has 160 valence electrons. The summed E-state index contributed by atoms with van der Waals surface area (Å²) < 4.78 is 19.8. The van der Waals surface area contributed by atoms with E-state index in [2.05, 4.69) is 27.9 Å². The number of carbonyl (C=O) groups is 1. The molecule has 0 heterocycles. The van der Waals surface area contributed by atoms with Crippen molar-refractivity contribution >= 4 is 45.9 Å². The van der Waals surface area contributed by atoms with Crippen molar-refractivity contribution in [3.05, 3.63) is 103 Å². The first kappa shape index (κ1) is 22.9. The molecule has 0 bridgehead atoms. The van der Waals surface area contributed by atoms with E-state index >= 15 is 0 Å². The number of nitrogens with zero attached hydrogens (tertiary/aromatic N) is 2. The second-order valence-corrected chi connectivity index (χ2v) is 7.70. The zero-order valence-corrected chi connectivity index (χ0v) is 18.6. The third kappa shape index (κ3) is 6.12. The molecule has 7 nitrogen and oxygen atoms in total. The average molecular weight is 543 g/mol. The summed E-state index contributed by atoms with van der Waals surface area (Å²) in [6.07, 6.45) is 1.41. The zero-order valence-electron chi connectivity index (χ0n) is 16.4. The highest BCUT2D eigenvalue weighted by Crippen LogP contribution is 2.25. The Balaban J connectivity index is 1.72. The number of nitro benzene ring substituents is 1. The summed E-state index contributed by atoms with van der Waals surface area (Å²) in [7, 11) is 0. The Kier molecular flexibility index (Phi) is 7.51. The van der Waals surface area contributed by atoms with Crippen LogP contribution in [-0.4, -0.2) is 10.8 Å². The normalized spacial score (nSPS) is 10.8. The van der Waals surface area contributed by atoms with E-state index in [-0.39, 0.29) is 29.4 Å². The predicted molar refractivity (Wildman–Crippen MR) is 125 cm³/mol. The minimum Gasteiger partial charge on any atom is -0.488 e. The topological polar surface area (TPSA) is 105 Å². The fraction of sp³-hybridized carbons (Fsp3) is 0.0435. The first-order valence-corrected chi connectivity index (χ1v) is 10.3. The van der Waals surface area contributed by atoms with Gasteiger partial charge in [0, 0.05) is 17.8 Å². The Morgan fingerprint density at radius 2 is 1.97 bits per heavy atom. The molecule has 0 radical (unpaired) electrons. The molecule has 0 atom stereocenters. The number of non-ortho nitro benzene ring substituents is 1. The standard InChI is InChI=1S/C23H15FIN3O4/c24-18-4-1-3-16(10-18)14-32-22-8-7-15(11-21(22)25)9-17(13-26)23(29)27-19-5-2-6-20(12-19)28(30)31/h1-12H,14H2,(H,27,29)/b17-9+. The SMILES string of the molecule is N#C/C(=C\c1ccc(OCc2cccc(F)c2)c(I)c1)C(=O)Nc1cccc([N+](=O)[O-])c1. The summed E-state index contributed by atoms with van der Waals surface area (Å²) in [5.74, 6) is -0.449. The van der Waals surface area contributed by atoms with Crippen molar-refractivity contribution in [1.29, 1.82) is 5.26 Å². The van der Waals surface area contributed by atoms with Crippen molar-refractivity contribution < 1.29 is 18.8 Å². The van der Waals surface area contributed by atoms with Gasteiger partial charge in [-0.2, -0.15) is 5.26 Å². The summed E-state index contributed by atoms with van der Waals surface area (Å²) >= 11 is 2.06. The van der Waals surface area contributed by atoms with E-state index < -0.39 is 10.8 Å². The number of anilines is 1.